The van der Waals surface area contributed by atoms with Gasteiger partial charge in [-0.25, -0.2) is 4.68 Å². The number of nitrogens with zero attached hydrogens (tertiary/aromatic N) is 3. The molecule has 0 bridgehead atoms. The van der Waals surface area contributed by atoms with E-state index >= 15 is 0 Å². The molecular formula is C25H28N4O4. The SMILES string of the molecule is COc1ccc(N2CCC(NC(=O)c3ccc(=O)n(CCOc4ccccc4)n3)CC2)cc1. The summed E-state index contributed by atoms with van der Waals surface area (Å²) in [7, 11) is 1.66. The van der Waals surface area contributed by atoms with E-state index in [4.69, 9.17) is 9.47 Å². The summed E-state index contributed by atoms with van der Waals surface area (Å²) >= 11 is 0. The molecule has 1 aliphatic heterocycles. The number of anilines is 1. The van der Waals surface area contributed by atoms with Crippen molar-refractivity contribution >= 4 is 11.6 Å². The van der Waals surface area contributed by atoms with E-state index < -0.39 is 0 Å². The third-order valence-electron chi connectivity index (χ3n) is 5.68. The van der Waals surface area contributed by atoms with Crippen LogP contribution in [0.25, 0.3) is 0 Å². The summed E-state index contributed by atoms with van der Waals surface area (Å²) < 4.78 is 12.1. The number of nitrogens with one attached hydrogen (secondary N) is 1. The van der Waals surface area contributed by atoms with E-state index in [0.29, 0.717) is 0 Å². The topological polar surface area (TPSA) is 85.7 Å². The second-order valence-corrected chi connectivity index (χ2v) is 7.87. The summed E-state index contributed by atoms with van der Waals surface area (Å²) in [5.41, 5.74) is 1.11. The van der Waals surface area contributed by atoms with Crippen molar-refractivity contribution in [2.24, 2.45) is 0 Å². The molecule has 0 unspecified atom stereocenters. The molecule has 33 heavy (non-hydrogen) atoms. The van der Waals surface area contributed by atoms with Crippen molar-refractivity contribution in [1.29, 1.82) is 0 Å². The van der Waals surface area contributed by atoms with Crippen molar-refractivity contribution in [2.75, 3.05) is 31.7 Å². The van der Waals surface area contributed by atoms with E-state index in [1.807, 2.05) is 54.6 Å². The zero-order valence-electron chi connectivity index (χ0n) is 18.6. The summed E-state index contributed by atoms with van der Waals surface area (Å²) in [6.07, 6.45) is 1.67. The predicted octanol–water partition coefficient (Wildman–Crippen LogP) is 2.73. The standard InChI is InChI=1S/C25H28N4O4/c1-32-21-9-7-20(8-10-21)28-15-13-19(14-16-28)26-25(31)23-11-12-24(30)29(27-23)17-18-33-22-5-3-2-4-6-22/h2-12,19H,13-18H2,1H3,(H,26,31). The lowest BCUT2D eigenvalue weighted by molar-refractivity contribution is 0.0923. The molecule has 2 heterocycles. The fourth-order valence-electron chi connectivity index (χ4n) is 3.83. The number of piperidine rings is 1. The van der Waals surface area contributed by atoms with Crippen LogP contribution in [0.3, 0.4) is 0 Å². The molecule has 1 saturated heterocycles. The normalized spacial score (nSPS) is 14.0. The maximum Gasteiger partial charge on any atom is 0.271 e. The largest absolute Gasteiger partial charge is 0.497 e. The number of benzene rings is 2. The molecule has 1 aliphatic rings. The van der Waals surface area contributed by atoms with E-state index in [1.165, 1.54) is 16.8 Å². The van der Waals surface area contributed by atoms with Crippen LogP contribution in [-0.4, -0.2) is 48.5 Å². The van der Waals surface area contributed by atoms with Crippen molar-refractivity contribution in [1.82, 2.24) is 15.1 Å². The second kappa shape index (κ2) is 10.7. The Labute approximate surface area is 192 Å². The van der Waals surface area contributed by atoms with Gasteiger partial charge >= 0.3 is 0 Å². The molecule has 3 aromatic rings. The highest BCUT2D eigenvalue weighted by atomic mass is 16.5. The number of hydrogen-bond donors (Lipinski definition) is 1. The number of hydrogen-bond acceptors (Lipinski definition) is 6. The number of methoxy groups -OCH3 is 1. The fraction of sp³-hybridized carbons (Fsp3) is 0.320. The van der Waals surface area contributed by atoms with E-state index in [-0.39, 0.29) is 36.4 Å². The van der Waals surface area contributed by atoms with Crippen LogP contribution < -0.4 is 25.2 Å². The minimum absolute atomic E-state index is 0.0654. The van der Waals surface area contributed by atoms with Crippen molar-refractivity contribution in [3.8, 4) is 11.5 Å². The molecule has 0 aliphatic carbocycles. The van der Waals surface area contributed by atoms with Gasteiger partial charge in [0.2, 0.25) is 0 Å². The molecule has 4 rings (SSSR count). The van der Waals surface area contributed by atoms with Gasteiger partial charge in [0.25, 0.3) is 11.5 Å². The highest BCUT2D eigenvalue weighted by Gasteiger charge is 2.22. The van der Waals surface area contributed by atoms with Gasteiger partial charge in [-0.15, -0.1) is 0 Å². The molecule has 0 saturated carbocycles. The van der Waals surface area contributed by atoms with Crippen molar-refractivity contribution in [3.05, 3.63) is 82.8 Å². The Morgan fingerprint density at radius 1 is 1.00 bits per heavy atom. The molecule has 172 valence electrons. The van der Waals surface area contributed by atoms with Crippen molar-refractivity contribution in [2.45, 2.75) is 25.4 Å². The van der Waals surface area contributed by atoms with E-state index in [9.17, 15) is 9.59 Å². The highest BCUT2D eigenvalue weighted by Crippen LogP contribution is 2.23. The van der Waals surface area contributed by atoms with Crippen LogP contribution in [0.15, 0.2) is 71.5 Å². The summed E-state index contributed by atoms with van der Waals surface area (Å²) in [6.45, 7) is 2.24. The van der Waals surface area contributed by atoms with E-state index in [1.54, 1.807) is 7.11 Å². The van der Waals surface area contributed by atoms with Crippen LogP contribution in [-0.2, 0) is 6.54 Å². The third-order valence-corrected chi connectivity index (χ3v) is 5.68. The van der Waals surface area contributed by atoms with Gasteiger partial charge < -0.3 is 19.7 Å². The minimum Gasteiger partial charge on any atom is -0.497 e. The zero-order valence-corrected chi connectivity index (χ0v) is 18.6. The Kier molecular flexibility index (Phi) is 7.24. The summed E-state index contributed by atoms with van der Waals surface area (Å²) in [5.74, 6) is 1.29. The van der Waals surface area contributed by atoms with Gasteiger partial charge in [-0.05, 0) is 55.3 Å². The number of carbonyl (C=O) groups excluding carboxylic acids is 1. The maximum atomic E-state index is 12.7. The lowest BCUT2D eigenvalue weighted by Crippen LogP contribution is -2.45. The Morgan fingerprint density at radius 2 is 1.73 bits per heavy atom. The van der Waals surface area contributed by atoms with Gasteiger partial charge in [0.1, 0.15) is 23.8 Å². The first-order chi connectivity index (χ1) is 16.1. The average Bonchev–Trinajstić information content (AvgIpc) is 2.86. The van der Waals surface area contributed by atoms with Crippen LogP contribution in [0.5, 0.6) is 11.5 Å². The predicted molar refractivity (Wildman–Crippen MR) is 126 cm³/mol. The lowest BCUT2D eigenvalue weighted by atomic mass is 10.0. The number of carbonyl (C=O) groups is 1. The van der Waals surface area contributed by atoms with Crippen LogP contribution in [0.1, 0.15) is 23.3 Å². The van der Waals surface area contributed by atoms with Crippen molar-refractivity contribution in [3.63, 3.8) is 0 Å². The number of aromatic nitrogens is 2. The quantitative estimate of drug-likeness (QED) is 0.570. The molecule has 2 aromatic carbocycles. The first-order valence-corrected chi connectivity index (χ1v) is 11.1. The molecule has 1 fully saturated rings. The first kappa shape index (κ1) is 22.4. The van der Waals surface area contributed by atoms with Gasteiger partial charge in [0.15, 0.2) is 0 Å². The smallest absolute Gasteiger partial charge is 0.271 e. The van der Waals surface area contributed by atoms with Crippen LogP contribution in [0, 0.1) is 0 Å². The highest BCUT2D eigenvalue weighted by molar-refractivity contribution is 5.92. The Balaban J connectivity index is 1.29. The molecule has 1 amide bonds. The third kappa shape index (κ3) is 5.91. The number of ether oxygens (including phenoxy) is 2. The fourth-order valence-corrected chi connectivity index (χ4v) is 3.83. The molecule has 0 radical (unpaired) electrons. The average molecular weight is 449 g/mol. The Bertz CT molecular complexity index is 1110. The number of amides is 1. The van der Waals surface area contributed by atoms with E-state index in [0.717, 1.165) is 43.1 Å². The molecule has 1 N–H and O–H groups in total. The molecule has 1 aromatic heterocycles. The minimum atomic E-state index is -0.268. The summed E-state index contributed by atoms with van der Waals surface area (Å²) in [6, 6.07) is 20.3. The molecule has 8 heteroatoms. The summed E-state index contributed by atoms with van der Waals surface area (Å²) in [4.78, 5) is 27.2. The molecule has 0 spiro atoms. The van der Waals surface area contributed by atoms with Gasteiger partial charge in [-0.1, -0.05) is 18.2 Å². The molecule has 8 nitrogen and oxygen atoms in total. The van der Waals surface area contributed by atoms with Gasteiger partial charge in [0.05, 0.1) is 13.7 Å². The Morgan fingerprint density at radius 3 is 2.42 bits per heavy atom. The zero-order chi connectivity index (χ0) is 23.0. The van der Waals surface area contributed by atoms with Gasteiger partial charge in [-0.3, -0.25) is 9.59 Å². The van der Waals surface area contributed by atoms with Crippen LogP contribution in [0.4, 0.5) is 5.69 Å². The van der Waals surface area contributed by atoms with Crippen molar-refractivity contribution < 1.29 is 14.3 Å². The van der Waals surface area contributed by atoms with Gasteiger partial charge in [-0.2, -0.15) is 5.10 Å². The number of para-hydroxylation sites is 1. The monoisotopic (exact) mass is 448 g/mol. The summed E-state index contributed by atoms with van der Waals surface area (Å²) in [5, 5.41) is 7.30. The van der Waals surface area contributed by atoms with E-state index in [2.05, 4.69) is 15.3 Å². The second-order valence-electron chi connectivity index (χ2n) is 7.87. The number of rotatable bonds is 8. The van der Waals surface area contributed by atoms with Gasteiger partial charge in [0, 0.05) is 30.9 Å². The Hall–Kier alpha value is -3.81. The van der Waals surface area contributed by atoms with Crippen LogP contribution in [0.2, 0.25) is 0 Å². The molecular weight excluding hydrogens is 420 g/mol. The molecule has 0 atom stereocenters. The lowest BCUT2D eigenvalue weighted by Gasteiger charge is -2.34. The maximum absolute atomic E-state index is 12.7. The van der Waals surface area contributed by atoms with Crippen LogP contribution >= 0.6 is 0 Å². The first-order valence-electron chi connectivity index (χ1n) is 11.1.